The van der Waals surface area contributed by atoms with Crippen molar-refractivity contribution < 1.29 is 19.4 Å². The number of carbonyl (C=O) groups excluding carboxylic acids is 1. The van der Waals surface area contributed by atoms with E-state index in [1.165, 1.54) is 7.11 Å². The zero-order valence-electron chi connectivity index (χ0n) is 17.5. The van der Waals surface area contributed by atoms with E-state index < -0.39 is 17.7 Å². The minimum absolute atomic E-state index is 0.385. The van der Waals surface area contributed by atoms with Crippen LogP contribution in [0.4, 0.5) is 0 Å². The molecule has 0 aliphatic heterocycles. The molecule has 2 atom stereocenters. The Kier molecular flexibility index (Phi) is 9.05. The lowest BCUT2D eigenvalue weighted by molar-refractivity contribution is -0.172. The number of methoxy groups -OCH3 is 1. The lowest BCUT2D eigenvalue weighted by Gasteiger charge is -2.39. The minimum atomic E-state index is -1.09. The monoisotopic (exact) mass is 421 g/mol. The first-order chi connectivity index (χ1) is 14.0. The Morgan fingerprint density at radius 2 is 1.66 bits per heavy atom. The van der Waals surface area contributed by atoms with Crippen LogP contribution in [0.3, 0.4) is 0 Å². The van der Waals surface area contributed by atoms with Gasteiger partial charge in [-0.25, -0.2) is 0 Å². The second-order valence-corrected chi connectivity index (χ2v) is 7.83. The molecule has 0 saturated carbocycles. The smallest absolute Gasteiger partial charge is 0.314 e. The normalized spacial score (nSPS) is 13.7. The number of unbranched alkanes of at least 4 members (excludes halogenated alkanes) is 2. The third kappa shape index (κ3) is 5.77. The fourth-order valence-electron chi connectivity index (χ4n) is 3.66. The van der Waals surface area contributed by atoms with Crippen LogP contribution in [0.15, 0.2) is 48.8 Å². The van der Waals surface area contributed by atoms with Crippen LogP contribution < -0.4 is 4.74 Å². The zero-order valence-corrected chi connectivity index (χ0v) is 18.3. The highest BCUT2D eigenvalue weighted by Gasteiger charge is 2.49. The Morgan fingerprint density at radius 1 is 1.10 bits per heavy atom. The van der Waals surface area contributed by atoms with E-state index in [1.54, 1.807) is 28.8 Å². The van der Waals surface area contributed by atoms with E-state index >= 15 is 0 Å². The fraction of sp³-hybridized carbons (Fsp3) is 0.522. The van der Waals surface area contributed by atoms with Crippen molar-refractivity contribution in [3.8, 4) is 5.75 Å². The number of aliphatic hydroxyl groups excluding tert-OH is 1. The largest absolute Gasteiger partial charge is 0.469 e. The number of esters is 1. The lowest BCUT2D eigenvalue weighted by Crippen LogP contribution is -2.49. The van der Waals surface area contributed by atoms with Crippen LogP contribution in [0.5, 0.6) is 5.75 Å². The summed E-state index contributed by atoms with van der Waals surface area (Å²) >= 11 is 5.99. The van der Waals surface area contributed by atoms with E-state index in [1.807, 2.05) is 24.5 Å². The number of halogens is 1. The Morgan fingerprint density at radius 3 is 2.14 bits per heavy atom. The van der Waals surface area contributed by atoms with Crippen molar-refractivity contribution in [3.05, 3.63) is 53.8 Å². The van der Waals surface area contributed by atoms with Crippen LogP contribution >= 0.6 is 11.6 Å². The van der Waals surface area contributed by atoms with Crippen LogP contribution in [0.1, 0.15) is 58.6 Å². The second kappa shape index (κ2) is 11.3. The van der Waals surface area contributed by atoms with Crippen molar-refractivity contribution in [1.82, 2.24) is 4.57 Å². The van der Waals surface area contributed by atoms with Crippen molar-refractivity contribution >= 4 is 17.6 Å². The van der Waals surface area contributed by atoms with Crippen molar-refractivity contribution in [3.63, 3.8) is 0 Å². The van der Waals surface area contributed by atoms with Crippen LogP contribution in [0, 0.1) is 5.41 Å². The number of benzene rings is 1. The second-order valence-electron chi connectivity index (χ2n) is 7.39. The Bertz CT molecular complexity index is 722. The number of rotatable bonds is 12. The summed E-state index contributed by atoms with van der Waals surface area (Å²) in [6.45, 7) is 4.14. The van der Waals surface area contributed by atoms with Gasteiger partial charge in [-0.3, -0.25) is 4.79 Å². The maximum absolute atomic E-state index is 13.0. The fourth-order valence-corrected chi connectivity index (χ4v) is 3.79. The lowest BCUT2D eigenvalue weighted by atomic mass is 9.72. The first-order valence-electron chi connectivity index (χ1n) is 10.3. The highest BCUT2D eigenvalue weighted by molar-refractivity contribution is 6.30. The maximum Gasteiger partial charge on any atom is 0.314 e. The van der Waals surface area contributed by atoms with Gasteiger partial charge in [0.1, 0.15) is 11.9 Å². The van der Waals surface area contributed by atoms with E-state index in [9.17, 15) is 9.90 Å². The number of nitrogens with zero attached hydrogens (tertiary/aromatic N) is 1. The molecule has 1 aromatic heterocycles. The van der Waals surface area contributed by atoms with Gasteiger partial charge >= 0.3 is 5.97 Å². The average Bonchev–Trinajstić information content (AvgIpc) is 3.27. The van der Waals surface area contributed by atoms with Crippen LogP contribution in [0.2, 0.25) is 5.02 Å². The van der Waals surface area contributed by atoms with Gasteiger partial charge in [-0.2, -0.15) is 0 Å². The predicted octanol–water partition coefficient (Wildman–Crippen LogP) is 5.62. The van der Waals surface area contributed by atoms with E-state index in [4.69, 9.17) is 21.1 Å². The minimum Gasteiger partial charge on any atom is -0.469 e. The summed E-state index contributed by atoms with van der Waals surface area (Å²) in [6.07, 6.45) is 6.34. The van der Waals surface area contributed by atoms with E-state index in [0.717, 1.165) is 25.7 Å². The molecular formula is C23H32ClNO4. The molecule has 1 N–H and O–H groups in total. The number of ether oxygens (including phenoxy) is 2. The summed E-state index contributed by atoms with van der Waals surface area (Å²) in [6, 6.07) is 10.7. The van der Waals surface area contributed by atoms with Gasteiger partial charge in [0, 0.05) is 17.4 Å². The molecule has 5 nitrogen and oxygen atoms in total. The van der Waals surface area contributed by atoms with Gasteiger partial charge in [0.05, 0.1) is 12.5 Å². The van der Waals surface area contributed by atoms with E-state index in [0.29, 0.717) is 23.6 Å². The molecular weight excluding hydrogens is 390 g/mol. The molecule has 0 bridgehead atoms. The summed E-state index contributed by atoms with van der Waals surface area (Å²) < 4.78 is 13.2. The quantitative estimate of drug-likeness (QED) is 0.452. The van der Waals surface area contributed by atoms with Crippen LogP contribution in [-0.4, -0.2) is 28.9 Å². The molecule has 2 rings (SSSR count). The third-order valence-electron chi connectivity index (χ3n) is 5.37. The topological polar surface area (TPSA) is 60.7 Å². The standard InChI is InChI=1S/C23H32ClNO4/c1-4-6-14-23(15-7-5-2,22(27)28-3)20(26)21(25-16-8-9-17-25)29-19-12-10-18(24)11-13-19/h8-13,16-17,20-21,26H,4-7,14-15H2,1-3H3. The Balaban J connectivity index is 2.45. The number of aromatic nitrogens is 1. The number of carbonyl (C=O) groups is 1. The van der Waals surface area contributed by atoms with E-state index in [-0.39, 0.29) is 5.97 Å². The summed E-state index contributed by atoms with van der Waals surface area (Å²) in [5.74, 6) is 0.181. The molecule has 2 aromatic rings. The summed E-state index contributed by atoms with van der Waals surface area (Å²) in [5, 5.41) is 12.2. The van der Waals surface area contributed by atoms with Gasteiger partial charge in [0.2, 0.25) is 6.23 Å². The van der Waals surface area contributed by atoms with Crippen molar-refractivity contribution in [2.75, 3.05) is 7.11 Å². The van der Waals surface area contributed by atoms with Crippen molar-refractivity contribution in [2.45, 2.75) is 64.7 Å². The van der Waals surface area contributed by atoms with Crippen molar-refractivity contribution in [2.24, 2.45) is 5.41 Å². The number of hydrogen-bond donors (Lipinski definition) is 1. The van der Waals surface area contributed by atoms with Gasteiger partial charge in [-0.1, -0.05) is 51.1 Å². The Hall–Kier alpha value is -1.98. The van der Waals surface area contributed by atoms with Crippen LogP contribution in [0.25, 0.3) is 0 Å². The molecule has 6 heteroatoms. The first kappa shape index (κ1) is 23.3. The molecule has 0 amide bonds. The van der Waals surface area contributed by atoms with Crippen LogP contribution in [-0.2, 0) is 9.53 Å². The van der Waals surface area contributed by atoms with Gasteiger partial charge in [-0.05, 0) is 49.2 Å². The van der Waals surface area contributed by atoms with Crippen molar-refractivity contribution in [1.29, 1.82) is 0 Å². The van der Waals surface area contributed by atoms with Gasteiger partial charge < -0.3 is 19.1 Å². The SMILES string of the molecule is CCCCC(CCCC)(C(=O)OC)C(O)C(Oc1ccc(Cl)cc1)n1cccc1. The molecule has 0 fully saturated rings. The molecule has 0 aliphatic carbocycles. The van der Waals surface area contributed by atoms with Gasteiger partial charge in [-0.15, -0.1) is 0 Å². The number of hydrogen-bond acceptors (Lipinski definition) is 4. The summed E-state index contributed by atoms with van der Waals surface area (Å²) in [4.78, 5) is 13.0. The predicted molar refractivity (Wildman–Crippen MR) is 115 cm³/mol. The molecule has 160 valence electrons. The van der Waals surface area contributed by atoms with E-state index in [2.05, 4.69) is 13.8 Å². The molecule has 0 spiro atoms. The molecule has 0 saturated heterocycles. The molecule has 1 heterocycles. The molecule has 2 unspecified atom stereocenters. The summed E-state index contributed by atoms with van der Waals surface area (Å²) in [7, 11) is 1.38. The Labute approximate surface area is 178 Å². The zero-order chi connectivity index (χ0) is 21.3. The highest BCUT2D eigenvalue weighted by Crippen LogP contribution is 2.41. The first-order valence-corrected chi connectivity index (χ1v) is 10.7. The molecule has 29 heavy (non-hydrogen) atoms. The third-order valence-corrected chi connectivity index (χ3v) is 5.62. The highest BCUT2D eigenvalue weighted by atomic mass is 35.5. The maximum atomic E-state index is 13.0. The van der Waals surface area contributed by atoms with Gasteiger partial charge in [0.15, 0.2) is 0 Å². The number of aliphatic hydroxyl groups is 1. The molecule has 0 radical (unpaired) electrons. The molecule has 0 aliphatic rings. The molecule has 1 aromatic carbocycles. The summed E-state index contributed by atoms with van der Waals surface area (Å²) in [5.41, 5.74) is -1.04. The van der Waals surface area contributed by atoms with Gasteiger partial charge in [0.25, 0.3) is 0 Å². The average molecular weight is 422 g/mol.